The van der Waals surface area contributed by atoms with Crippen LogP contribution in [0.2, 0.25) is 0 Å². The Morgan fingerprint density at radius 1 is 0.690 bits per heavy atom. The number of Topliss-reactive ketones (excluding diaryl/α,β-unsaturated/α-hetero) is 1. The van der Waals surface area contributed by atoms with E-state index in [1.54, 1.807) is 0 Å². The van der Waals surface area contributed by atoms with Crippen LogP contribution in [-0.2, 0) is 19.1 Å². The second kappa shape index (κ2) is 18.7. The molecule has 0 radical (unpaired) electrons. The van der Waals surface area contributed by atoms with Crippen molar-refractivity contribution in [3.8, 4) is 0 Å². The molecule has 2 N–H and O–H groups in total. The van der Waals surface area contributed by atoms with E-state index in [2.05, 4.69) is 11.7 Å². The maximum Gasteiger partial charge on any atom is 0.350 e. The lowest BCUT2D eigenvalue weighted by molar-refractivity contribution is -0.168. The molecule has 0 saturated heterocycles. The molecule has 2 atom stereocenters. The maximum atomic E-state index is 11.6. The molecule has 0 amide bonds. The highest BCUT2D eigenvalue weighted by Gasteiger charge is 2.29. The molecule has 0 aromatic carbocycles. The van der Waals surface area contributed by atoms with Crippen LogP contribution < -0.4 is 0 Å². The number of carbonyl (C=O) groups excluding carboxylic acids is 3. The number of esters is 2. The average molecular weight is 415 g/mol. The fraction of sp³-hybridized carbons (Fsp3) is 0.870. The van der Waals surface area contributed by atoms with Gasteiger partial charge in [-0.15, -0.1) is 0 Å². The number of ketones is 1. The quantitative estimate of drug-likeness (QED) is 0.182. The first kappa shape index (κ1) is 27.7. The van der Waals surface area contributed by atoms with Gasteiger partial charge in [0.2, 0.25) is 11.9 Å². The number of carbonyl (C=O) groups is 3. The zero-order chi connectivity index (χ0) is 21.9. The first-order chi connectivity index (χ1) is 13.9. The minimum absolute atomic E-state index is 0.0829. The Morgan fingerprint density at radius 3 is 1.45 bits per heavy atom. The van der Waals surface area contributed by atoms with Gasteiger partial charge in [-0.3, -0.25) is 9.59 Å². The van der Waals surface area contributed by atoms with E-state index in [0.717, 1.165) is 26.2 Å². The minimum Gasteiger partial charge on any atom is -0.391 e. The molecule has 0 aromatic heterocycles. The van der Waals surface area contributed by atoms with Crippen LogP contribution in [0.3, 0.4) is 0 Å². The van der Waals surface area contributed by atoms with E-state index in [1.165, 1.54) is 70.6 Å². The van der Waals surface area contributed by atoms with E-state index in [4.69, 9.17) is 5.11 Å². The monoisotopic (exact) mass is 414 g/mol. The molecule has 0 saturated carbocycles. The van der Waals surface area contributed by atoms with Gasteiger partial charge in [-0.1, -0.05) is 96.8 Å². The van der Waals surface area contributed by atoms with Crippen molar-refractivity contribution >= 4 is 17.7 Å². The zero-order valence-electron chi connectivity index (χ0n) is 18.5. The summed E-state index contributed by atoms with van der Waals surface area (Å²) in [5, 5.41) is 18.4. The van der Waals surface area contributed by atoms with Crippen molar-refractivity contribution in [2.45, 2.75) is 129 Å². The second-order valence-corrected chi connectivity index (χ2v) is 7.97. The Morgan fingerprint density at radius 2 is 1.07 bits per heavy atom. The summed E-state index contributed by atoms with van der Waals surface area (Å²) < 4.78 is 4.44. The van der Waals surface area contributed by atoms with Gasteiger partial charge >= 0.3 is 11.9 Å². The largest absolute Gasteiger partial charge is 0.391 e. The molecule has 0 aromatic rings. The van der Waals surface area contributed by atoms with E-state index < -0.39 is 29.9 Å². The van der Waals surface area contributed by atoms with E-state index >= 15 is 0 Å². The molecule has 0 aliphatic carbocycles. The van der Waals surface area contributed by atoms with Gasteiger partial charge < -0.3 is 14.9 Å². The Bertz CT molecular complexity index is 447. The first-order valence-corrected chi connectivity index (χ1v) is 11.5. The number of hydrogen-bond acceptors (Lipinski definition) is 6. The average Bonchev–Trinajstić information content (AvgIpc) is 2.69. The van der Waals surface area contributed by atoms with Gasteiger partial charge in [-0.2, -0.15) is 0 Å². The van der Waals surface area contributed by atoms with Crippen LogP contribution in [-0.4, -0.2) is 40.1 Å². The van der Waals surface area contributed by atoms with Crippen LogP contribution in [0.5, 0.6) is 0 Å². The normalized spacial score (nSPS) is 13.1. The van der Waals surface area contributed by atoms with E-state index in [1.807, 2.05) is 0 Å². The second-order valence-electron chi connectivity index (χ2n) is 7.97. The lowest BCUT2D eigenvalue weighted by atomic mass is 10.0. The predicted octanol–water partition coefficient (Wildman–Crippen LogP) is 4.63. The third-order valence-electron chi connectivity index (χ3n) is 5.10. The van der Waals surface area contributed by atoms with Crippen molar-refractivity contribution in [2.24, 2.45) is 0 Å². The van der Waals surface area contributed by atoms with Crippen LogP contribution in [0.15, 0.2) is 0 Å². The molecule has 0 fully saturated rings. The molecule has 29 heavy (non-hydrogen) atoms. The standard InChI is InChI=1S/C23H42O6/c1-3-4-5-6-7-8-9-10-11-12-13-14-15-16-17-18-20(25)29-23(28)22(27)21(26)19(2)24/h19,22,24,27H,3-18H2,1-2H3. The molecule has 6 nitrogen and oxygen atoms in total. The highest BCUT2D eigenvalue weighted by molar-refractivity contribution is 6.06. The van der Waals surface area contributed by atoms with Crippen LogP contribution >= 0.6 is 0 Å². The van der Waals surface area contributed by atoms with Crippen LogP contribution in [0.25, 0.3) is 0 Å². The van der Waals surface area contributed by atoms with Crippen LogP contribution in [0.4, 0.5) is 0 Å². The molecule has 0 bridgehead atoms. The van der Waals surface area contributed by atoms with Gasteiger partial charge in [0.1, 0.15) is 6.10 Å². The molecule has 0 spiro atoms. The number of rotatable bonds is 19. The van der Waals surface area contributed by atoms with E-state index in [9.17, 15) is 19.5 Å². The summed E-state index contributed by atoms with van der Waals surface area (Å²) in [6.45, 7) is 3.38. The number of aliphatic hydroxyl groups excluding tert-OH is 2. The summed E-state index contributed by atoms with van der Waals surface area (Å²) in [6.07, 6.45) is 14.8. The van der Waals surface area contributed by atoms with E-state index in [-0.39, 0.29) is 6.42 Å². The van der Waals surface area contributed by atoms with Crippen molar-refractivity contribution < 1.29 is 29.3 Å². The Labute approximate surface area is 176 Å². The van der Waals surface area contributed by atoms with Crippen LogP contribution in [0.1, 0.15) is 117 Å². The Balaban J connectivity index is 3.45. The van der Waals surface area contributed by atoms with Gasteiger partial charge in [0.05, 0.1) is 0 Å². The van der Waals surface area contributed by atoms with Crippen molar-refractivity contribution in [3.05, 3.63) is 0 Å². The minimum atomic E-state index is -2.11. The number of hydrogen-bond donors (Lipinski definition) is 2. The third-order valence-corrected chi connectivity index (χ3v) is 5.10. The SMILES string of the molecule is CCCCCCCCCCCCCCCCCC(=O)OC(=O)C(O)C(=O)C(C)O. The molecule has 0 heterocycles. The predicted molar refractivity (Wildman–Crippen MR) is 113 cm³/mol. The summed E-state index contributed by atoms with van der Waals surface area (Å²) in [6, 6.07) is 0. The molecule has 2 unspecified atom stereocenters. The van der Waals surface area contributed by atoms with E-state index in [0.29, 0.717) is 6.42 Å². The number of ether oxygens (including phenoxy) is 1. The van der Waals surface area contributed by atoms with Gasteiger partial charge in [0.15, 0.2) is 0 Å². The van der Waals surface area contributed by atoms with Crippen molar-refractivity contribution in [3.63, 3.8) is 0 Å². The molecule has 170 valence electrons. The third kappa shape index (κ3) is 16.2. The van der Waals surface area contributed by atoms with Gasteiger partial charge in [-0.05, 0) is 13.3 Å². The molecule has 0 aliphatic rings. The Kier molecular flexibility index (Phi) is 17.9. The lowest BCUT2D eigenvalue weighted by Gasteiger charge is -2.10. The lowest BCUT2D eigenvalue weighted by Crippen LogP contribution is -2.38. The fourth-order valence-corrected chi connectivity index (χ4v) is 3.20. The highest BCUT2D eigenvalue weighted by Crippen LogP contribution is 2.14. The highest BCUT2D eigenvalue weighted by atomic mass is 16.6. The van der Waals surface area contributed by atoms with Gasteiger partial charge in [0, 0.05) is 6.42 Å². The van der Waals surface area contributed by atoms with Gasteiger partial charge in [-0.25, -0.2) is 4.79 Å². The number of aliphatic hydroxyl groups is 2. The fourth-order valence-electron chi connectivity index (χ4n) is 3.20. The van der Waals surface area contributed by atoms with Gasteiger partial charge in [0.25, 0.3) is 0 Å². The first-order valence-electron chi connectivity index (χ1n) is 11.5. The summed E-state index contributed by atoms with van der Waals surface area (Å²) in [7, 11) is 0. The Hall–Kier alpha value is -1.27. The van der Waals surface area contributed by atoms with Crippen molar-refractivity contribution in [1.82, 2.24) is 0 Å². The summed E-state index contributed by atoms with van der Waals surface area (Å²) in [5.74, 6) is -3.14. The summed E-state index contributed by atoms with van der Waals surface area (Å²) >= 11 is 0. The van der Waals surface area contributed by atoms with Crippen molar-refractivity contribution in [1.29, 1.82) is 0 Å². The summed E-state index contributed by atoms with van der Waals surface area (Å²) in [5.41, 5.74) is 0. The zero-order valence-corrected chi connectivity index (χ0v) is 18.5. The smallest absolute Gasteiger partial charge is 0.350 e. The molecular weight excluding hydrogens is 372 g/mol. The van der Waals surface area contributed by atoms with Crippen molar-refractivity contribution in [2.75, 3.05) is 0 Å². The topological polar surface area (TPSA) is 101 Å². The van der Waals surface area contributed by atoms with Crippen LogP contribution in [0, 0.1) is 0 Å². The molecule has 0 aliphatic heterocycles. The molecule has 6 heteroatoms. The summed E-state index contributed by atoms with van der Waals surface area (Å²) in [4.78, 5) is 34.3. The maximum absolute atomic E-state index is 11.6. The molecule has 0 rings (SSSR count). The number of unbranched alkanes of at least 4 members (excludes halogenated alkanes) is 14. The molecular formula is C23H42O6.